The van der Waals surface area contributed by atoms with Crippen LogP contribution in [-0.4, -0.2) is 45.0 Å². The largest absolute Gasteiger partial charge is 0.497 e. The smallest absolute Gasteiger partial charge is 0.262 e. The maximum absolute atomic E-state index is 12.7. The van der Waals surface area contributed by atoms with Crippen LogP contribution in [-0.2, 0) is 20.6 Å². The van der Waals surface area contributed by atoms with E-state index in [0.29, 0.717) is 11.5 Å². The monoisotopic (exact) mass is 464 g/mol. The number of carbonyl (C=O) groups excluding carboxylic acids is 1. The van der Waals surface area contributed by atoms with E-state index in [1.54, 1.807) is 14.0 Å². The lowest BCUT2D eigenvalue weighted by atomic mass is 10.2. The van der Waals surface area contributed by atoms with Crippen LogP contribution < -0.4 is 19.7 Å². The Hall–Kier alpha value is -2.71. The van der Waals surface area contributed by atoms with Crippen LogP contribution in [0.15, 0.2) is 53.4 Å². The third-order valence-corrected chi connectivity index (χ3v) is 6.65. The number of benzene rings is 2. The summed E-state index contributed by atoms with van der Waals surface area (Å²) < 4.78 is 38.2. The van der Waals surface area contributed by atoms with Gasteiger partial charge in [0.05, 0.1) is 12.0 Å². The predicted molar refractivity (Wildman–Crippen MR) is 119 cm³/mol. The van der Waals surface area contributed by atoms with Crippen molar-refractivity contribution in [3.05, 3.63) is 54.1 Å². The molecular weight excluding hydrogens is 440 g/mol. The molecule has 0 spiro atoms. The highest BCUT2D eigenvalue weighted by atomic mass is 32.2. The Balaban J connectivity index is 2.00. The molecule has 0 bridgehead atoms. The maximum atomic E-state index is 12.7. The molecule has 0 radical (unpaired) electrons. The van der Waals surface area contributed by atoms with Crippen LogP contribution in [0.4, 0.5) is 0 Å². The van der Waals surface area contributed by atoms with E-state index < -0.39 is 22.0 Å². The normalized spacial score (nSPS) is 11.7. The number of rotatable bonds is 11. The summed E-state index contributed by atoms with van der Waals surface area (Å²) in [5, 5.41) is 9.00. The van der Waals surface area contributed by atoms with Crippen molar-refractivity contribution in [1.29, 1.82) is 0 Å². The molecule has 0 aliphatic rings. The van der Waals surface area contributed by atoms with Crippen molar-refractivity contribution in [1.82, 2.24) is 10.2 Å². The van der Waals surface area contributed by atoms with Gasteiger partial charge in [0.25, 0.3) is 5.91 Å². The zero-order valence-electron chi connectivity index (χ0n) is 17.1. The molecule has 166 valence electrons. The van der Waals surface area contributed by atoms with Gasteiger partial charge in [-0.25, -0.2) is 13.9 Å². The fourth-order valence-electron chi connectivity index (χ4n) is 2.42. The minimum Gasteiger partial charge on any atom is -0.497 e. The van der Waals surface area contributed by atoms with Gasteiger partial charge in [-0.05, 0) is 48.9 Å². The number of sulfonamides is 1. The molecule has 0 fully saturated rings. The van der Waals surface area contributed by atoms with Gasteiger partial charge >= 0.3 is 0 Å². The topological polar surface area (TPSA) is 114 Å². The highest BCUT2D eigenvalue weighted by Crippen LogP contribution is 2.19. The number of thioether (sulfide) groups is 1. The Morgan fingerprint density at radius 3 is 2.35 bits per heavy atom. The van der Waals surface area contributed by atoms with Crippen molar-refractivity contribution >= 4 is 27.7 Å². The summed E-state index contributed by atoms with van der Waals surface area (Å²) in [5.41, 5.74) is 2.50. The van der Waals surface area contributed by atoms with E-state index >= 15 is 0 Å². The van der Waals surface area contributed by atoms with Gasteiger partial charge in [-0.2, -0.15) is 16.5 Å². The van der Waals surface area contributed by atoms with E-state index in [-0.39, 0.29) is 17.3 Å². The van der Waals surface area contributed by atoms with Crippen LogP contribution in [0.3, 0.4) is 0 Å². The fraction of sp³-hybridized carbons (Fsp3) is 0.286. The van der Waals surface area contributed by atoms with Gasteiger partial charge in [0.1, 0.15) is 24.1 Å². The number of hydroxylamine groups is 1. The standard InChI is InChI=1S/C21H24N2O6S2/c1-3-4-13-29-18-9-11-19(12-10-18)31(26,27)23-20(21(24)22-25)15-30-14-16-5-7-17(28-2)8-6-16/h5-12,20,23,25H,13-15H2,1-2H3,(H,22,24)/t20-/m1/s1. The van der Waals surface area contributed by atoms with E-state index in [9.17, 15) is 13.2 Å². The minimum absolute atomic E-state index is 0.0303. The zero-order chi connectivity index (χ0) is 22.7. The molecule has 0 aliphatic carbocycles. The molecule has 31 heavy (non-hydrogen) atoms. The molecule has 1 amide bonds. The molecule has 2 aromatic carbocycles. The van der Waals surface area contributed by atoms with E-state index in [1.165, 1.54) is 41.5 Å². The van der Waals surface area contributed by atoms with Gasteiger partial charge < -0.3 is 9.47 Å². The van der Waals surface area contributed by atoms with E-state index in [0.717, 1.165) is 11.3 Å². The first-order valence-electron chi connectivity index (χ1n) is 9.19. The molecule has 3 N–H and O–H groups in total. The molecule has 0 heterocycles. The number of ether oxygens (including phenoxy) is 2. The van der Waals surface area contributed by atoms with Crippen molar-refractivity contribution in [3.63, 3.8) is 0 Å². The number of carbonyl (C=O) groups is 1. The first-order valence-corrected chi connectivity index (χ1v) is 11.8. The SMILES string of the molecule is CC#CCOc1ccc(S(=O)(=O)N[C@H](CSCc2ccc(OC)cc2)C(=O)NO)cc1. The molecule has 0 aliphatic heterocycles. The lowest BCUT2D eigenvalue weighted by Gasteiger charge is -2.17. The quantitative estimate of drug-likeness (QED) is 0.265. The van der Waals surface area contributed by atoms with Crippen LogP contribution in [0.2, 0.25) is 0 Å². The van der Waals surface area contributed by atoms with Crippen molar-refractivity contribution in [2.24, 2.45) is 0 Å². The third-order valence-electron chi connectivity index (χ3n) is 4.06. The van der Waals surface area contributed by atoms with Crippen molar-refractivity contribution in [2.75, 3.05) is 19.5 Å². The van der Waals surface area contributed by atoms with Gasteiger partial charge in [0.15, 0.2) is 0 Å². The van der Waals surface area contributed by atoms with Gasteiger partial charge in [0, 0.05) is 11.5 Å². The second-order valence-corrected chi connectivity index (χ2v) is 8.94. The lowest BCUT2D eigenvalue weighted by Crippen LogP contribution is -2.47. The fourth-order valence-corrected chi connectivity index (χ4v) is 4.74. The van der Waals surface area contributed by atoms with Gasteiger partial charge in [-0.3, -0.25) is 10.0 Å². The molecule has 8 nitrogen and oxygen atoms in total. The van der Waals surface area contributed by atoms with Crippen molar-refractivity contribution in [2.45, 2.75) is 23.6 Å². The van der Waals surface area contributed by atoms with Gasteiger partial charge in [-0.1, -0.05) is 18.1 Å². The van der Waals surface area contributed by atoms with E-state index in [1.807, 2.05) is 24.3 Å². The molecule has 0 aromatic heterocycles. The summed E-state index contributed by atoms with van der Waals surface area (Å²) in [4.78, 5) is 12.0. The van der Waals surface area contributed by atoms with Crippen LogP contribution in [0.1, 0.15) is 12.5 Å². The number of hydrogen-bond donors (Lipinski definition) is 3. The van der Waals surface area contributed by atoms with E-state index in [2.05, 4.69) is 16.6 Å². The van der Waals surface area contributed by atoms with Crippen LogP contribution in [0.5, 0.6) is 11.5 Å². The molecule has 0 saturated heterocycles. The lowest BCUT2D eigenvalue weighted by molar-refractivity contribution is -0.130. The second-order valence-electron chi connectivity index (χ2n) is 6.20. The molecule has 0 saturated carbocycles. The molecule has 0 unspecified atom stereocenters. The number of nitrogens with one attached hydrogen (secondary N) is 2. The van der Waals surface area contributed by atoms with Gasteiger partial charge in [0.2, 0.25) is 10.0 Å². The Kier molecular flexibility index (Phi) is 9.68. The third kappa shape index (κ3) is 7.80. The molecule has 2 rings (SSSR count). The highest BCUT2D eigenvalue weighted by Gasteiger charge is 2.25. The summed E-state index contributed by atoms with van der Waals surface area (Å²) in [6, 6.07) is 12.0. The summed E-state index contributed by atoms with van der Waals surface area (Å²) in [6.07, 6.45) is 0. The highest BCUT2D eigenvalue weighted by molar-refractivity contribution is 7.98. The van der Waals surface area contributed by atoms with Gasteiger partial charge in [-0.15, -0.1) is 5.92 Å². The number of amides is 1. The Morgan fingerprint density at radius 1 is 1.13 bits per heavy atom. The molecule has 10 heteroatoms. The average Bonchev–Trinajstić information content (AvgIpc) is 2.78. The Bertz CT molecular complexity index is 1010. The predicted octanol–water partition coefficient (Wildman–Crippen LogP) is 2.18. The number of hydrogen-bond acceptors (Lipinski definition) is 7. The van der Waals surface area contributed by atoms with E-state index in [4.69, 9.17) is 14.7 Å². The van der Waals surface area contributed by atoms with Crippen LogP contribution in [0, 0.1) is 11.8 Å². The Labute approximate surface area is 186 Å². The average molecular weight is 465 g/mol. The second kappa shape index (κ2) is 12.2. The zero-order valence-corrected chi connectivity index (χ0v) is 18.8. The number of methoxy groups -OCH3 is 1. The summed E-state index contributed by atoms with van der Waals surface area (Å²) in [6.45, 7) is 1.89. The molecular formula is C21H24N2O6S2. The first-order chi connectivity index (χ1) is 14.9. The summed E-state index contributed by atoms with van der Waals surface area (Å²) in [7, 11) is -2.42. The molecule has 1 atom stereocenters. The minimum atomic E-state index is -4.00. The summed E-state index contributed by atoms with van der Waals surface area (Å²) in [5.74, 6) is 6.47. The van der Waals surface area contributed by atoms with Crippen LogP contribution >= 0.6 is 11.8 Å². The maximum Gasteiger partial charge on any atom is 0.262 e. The van der Waals surface area contributed by atoms with Crippen LogP contribution in [0.25, 0.3) is 0 Å². The summed E-state index contributed by atoms with van der Waals surface area (Å²) >= 11 is 1.35. The Morgan fingerprint density at radius 2 is 1.77 bits per heavy atom. The first kappa shape index (κ1) is 24.6. The molecule has 2 aromatic rings. The van der Waals surface area contributed by atoms with Crippen molar-refractivity contribution < 1.29 is 27.9 Å². The van der Waals surface area contributed by atoms with Crippen molar-refractivity contribution in [3.8, 4) is 23.3 Å².